The molecule has 29 heavy (non-hydrogen) atoms. The fraction of sp³-hybridized carbons (Fsp3) is 0.739. The maximum Gasteiger partial charge on any atom is 0.127 e. The maximum atomic E-state index is 10.5. The molecule has 164 valence electrons. The molecule has 1 saturated carbocycles. The van der Waals surface area contributed by atoms with Gasteiger partial charge in [0.1, 0.15) is 24.2 Å². The first-order valence-electron chi connectivity index (χ1n) is 11.3. The minimum Gasteiger partial charge on any atom is -0.497 e. The van der Waals surface area contributed by atoms with Crippen LogP contribution in [0.25, 0.3) is 0 Å². The van der Waals surface area contributed by atoms with E-state index in [1.807, 2.05) is 12.1 Å². The van der Waals surface area contributed by atoms with Gasteiger partial charge in [0, 0.05) is 56.9 Å². The fourth-order valence-electron chi connectivity index (χ4n) is 4.25. The highest BCUT2D eigenvalue weighted by atomic mass is 16.5. The zero-order chi connectivity index (χ0) is 20.5. The van der Waals surface area contributed by atoms with Gasteiger partial charge in [-0.2, -0.15) is 0 Å². The smallest absolute Gasteiger partial charge is 0.127 e. The molecular formula is C23H39N3O3. The third-order valence-electron chi connectivity index (χ3n) is 6.21. The Morgan fingerprint density at radius 1 is 1.10 bits per heavy atom. The van der Waals surface area contributed by atoms with Crippen molar-refractivity contribution in [1.29, 1.82) is 0 Å². The zero-order valence-corrected chi connectivity index (χ0v) is 18.2. The Labute approximate surface area is 176 Å². The lowest BCUT2D eigenvalue weighted by Gasteiger charge is -2.33. The number of benzene rings is 1. The molecule has 1 aliphatic carbocycles. The second-order valence-electron chi connectivity index (χ2n) is 8.61. The van der Waals surface area contributed by atoms with Crippen LogP contribution in [0.2, 0.25) is 0 Å². The van der Waals surface area contributed by atoms with E-state index < -0.39 is 6.10 Å². The monoisotopic (exact) mass is 405 g/mol. The van der Waals surface area contributed by atoms with Crippen molar-refractivity contribution in [2.45, 2.75) is 57.2 Å². The van der Waals surface area contributed by atoms with E-state index in [9.17, 15) is 5.11 Å². The van der Waals surface area contributed by atoms with E-state index in [2.05, 4.69) is 28.2 Å². The number of hydrogen-bond donors (Lipinski definition) is 2. The second-order valence-corrected chi connectivity index (χ2v) is 8.61. The molecule has 1 saturated heterocycles. The minimum atomic E-state index is -0.493. The highest BCUT2D eigenvalue weighted by Gasteiger charge is 2.18. The Balaban J connectivity index is 1.52. The van der Waals surface area contributed by atoms with Gasteiger partial charge in [-0.05, 0) is 26.0 Å². The van der Waals surface area contributed by atoms with Crippen LogP contribution in [0.1, 0.15) is 44.1 Å². The Morgan fingerprint density at radius 3 is 2.52 bits per heavy atom. The molecule has 0 amide bonds. The van der Waals surface area contributed by atoms with Gasteiger partial charge in [0.15, 0.2) is 0 Å². The standard InChI is InChI=1S/C23H39N3O3/c1-25-11-13-26(14-12-25)17-21(27)18-29-23-15-22(28-2)10-9-19(23)16-24-20-7-5-3-4-6-8-20/h9-10,15,20-21,24,27H,3-8,11-14,16-18H2,1-2H3/t21-/m0/s1. The van der Waals surface area contributed by atoms with Crippen LogP contribution in [-0.4, -0.2) is 80.5 Å². The van der Waals surface area contributed by atoms with Gasteiger partial charge in [-0.3, -0.25) is 4.90 Å². The van der Waals surface area contributed by atoms with Crippen LogP contribution in [0.5, 0.6) is 11.5 Å². The molecule has 1 aliphatic heterocycles. The van der Waals surface area contributed by atoms with Crippen LogP contribution in [0.15, 0.2) is 18.2 Å². The van der Waals surface area contributed by atoms with Gasteiger partial charge >= 0.3 is 0 Å². The predicted molar refractivity (Wildman–Crippen MR) is 117 cm³/mol. The van der Waals surface area contributed by atoms with Crippen molar-refractivity contribution in [3.8, 4) is 11.5 Å². The van der Waals surface area contributed by atoms with E-state index in [1.54, 1.807) is 7.11 Å². The lowest BCUT2D eigenvalue weighted by Crippen LogP contribution is -2.47. The molecule has 1 aromatic rings. The molecule has 2 fully saturated rings. The summed E-state index contributed by atoms with van der Waals surface area (Å²) < 4.78 is 11.4. The zero-order valence-electron chi connectivity index (χ0n) is 18.2. The molecule has 0 aromatic heterocycles. The van der Waals surface area contributed by atoms with Crippen LogP contribution in [0.3, 0.4) is 0 Å². The van der Waals surface area contributed by atoms with E-state index in [0.717, 1.165) is 49.8 Å². The molecule has 2 aliphatic rings. The Morgan fingerprint density at radius 2 is 1.83 bits per heavy atom. The van der Waals surface area contributed by atoms with Crippen LogP contribution in [0, 0.1) is 0 Å². The molecule has 0 radical (unpaired) electrons. The number of piperazine rings is 1. The normalized spacial score (nSPS) is 20.9. The summed E-state index contributed by atoms with van der Waals surface area (Å²) in [5.74, 6) is 1.59. The fourth-order valence-corrected chi connectivity index (χ4v) is 4.25. The summed E-state index contributed by atoms with van der Waals surface area (Å²) in [5.41, 5.74) is 1.13. The van der Waals surface area contributed by atoms with Crippen LogP contribution in [0.4, 0.5) is 0 Å². The molecule has 0 bridgehead atoms. The molecule has 1 atom stereocenters. The number of rotatable bonds is 9. The van der Waals surface area contributed by atoms with E-state index >= 15 is 0 Å². The van der Waals surface area contributed by atoms with E-state index in [0.29, 0.717) is 19.2 Å². The summed E-state index contributed by atoms with van der Waals surface area (Å²) in [4.78, 5) is 4.64. The van der Waals surface area contributed by atoms with Gasteiger partial charge in [0.2, 0.25) is 0 Å². The van der Waals surface area contributed by atoms with Crippen LogP contribution >= 0.6 is 0 Å². The lowest BCUT2D eigenvalue weighted by molar-refractivity contribution is 0.0501. The van der Waals surface area contributed by atoms with Crippen LogP contribution < -0.4 is 14.8 Å². The Kier molecular flexibility index (Phi) is 9.05. The minimum absolute atomic E-state index is 0.302. The SMILES string of the molecule is COc1ccc(CNC2CCCCCC2)c(OC[C@@H](O)CN2CCN(C)CC2)c1. The van der Waals surface area contributed by atoms with E-state index in [1.165, 1.54) is 38.5 Å². The first-order chi connectivity index (χ1) is 14.1. The second kappa shape index (κ2) is 11.7. The van der Waals surface area contributed by atoms with Gasteiger partial charge < -0.3 is 24.8 Å². The third-order valence-corrected chi connectivity index (χ3v) is 6.21. The summed E-state index contributed by atoms with van der Waals surface area (Å²) in [6, 6.07) is 6.59. The van der Waals surface area contributed by atoms with Gasteiger partial charge in [0.05, 0.1) is 7.11 Å². The summed E-state index contributed by atoms with van der Waals surface area (Å²) >= 11 is 0. The number of ether oxygens (including phenoxy) is 2. The average molecular weight is 406 g/mol. The van der Waals surface area contributed by atoms with E-state index in [4.69, 9.17) is 9.47 Å². The van der Waals surface area contributed by atoms with E-state index in [-0.39, 0.29) is 0 Å². The number of nitrogens with zero attached hydrogens (tertiary/aromatic N) is 2. The van der Waals surface area contributed by atoms with Gasteiger partial charge in [-0.15, -0.1) is 0 Å². The number of likely N-dealkylation sites (N-methyl/N-ethyl adjacent to an activating group) is 1. The maximum absolute atomic E-state index is 10.5. The molecule has 1 heterocycles. The summed E-state index contributed by atoms with van der Waals surface area (Å²) in [5, 5.41) is 14.2. The van der Waals surface area contributed by atoms with Crippen molar-refractivity contribution in [3.05, 3.63) is 23.8 Å². The molecule has 1 aromatic carbocycles. The molecule has 0 unspecified atom stereocenters. The number of hydrogen-bond acceptors (Lipinski definition) is 6. The van der Waals surface area contributed by atoms with Gasteiger partial charge in [0.25, 0.3) is 0 Å². The molecule has 6 heteroatoms. The molecule has 3 rings (SSSR count). The van der Waals surface area contributed by atoms with Crippen molar-refractivity contribution in [1.82, 2.24) is 15.1 Å². The largest absolute Gasteiger partial charge is 0.497 e. The topological polar surface area (TPSA) is 57.2 Å². The summed E-state index contributed by atoms with van der Waals surface area (Å²) in [7, 11) is 3.81. The number of aliphatic hydroxyl groups is 1. The summed E-state index contributed by atoms with van der Waals surface area (Å²) in [6.07, 6.45) is 7.39. The Bertz CT molecular complexity index is 597. The van der Waals surface area contributed by atoms with Crippen molar-refractivity contribution < 1.29 is 14.6 Å². The summed E-state index contributed by atoms with van der Waals surface area (Å²) in [6.45, 7) is 5.87. The third kappa shape index (κ3) is 7.45. The average Bonchev–Trinajstić information content (AvgIpc) is 3.01. The quantitative estimate of drug-likeness (QED) is 0.616. The van der Waals surface area contributed by atoms with Crippen molar-refractivity contribution in [2.75, 3.05) is 53.5 Å². The van der Waals surface area contributed by atoms with Gasteiger partial charge in [-0.1, -0.05) is 31.7 Å². The first-order valence-corrected chi connectivity index (χ1v) is 11.3. The van der Waals surface area contributed by atoms with Crippen molar-refractivity contribution >= 4 is 0 Å². The molecule has 0 spiro atoms. The van der Waals surface area contributed by atoms with Crippen molar-refractivity contribution in [2.24, 2.45) is 0 Å². The highest BCUT2D eigenvalue weighted by Crippen LogP contribution is 2.26. The number of methoxy groups -OCH3 is 1. The van der Waals surface area contributed by atoms with Crippen molar-refractivity contribution in [3.63, 3.8) is 0 Å². The lowest BCUT2D eigenvalue weighted by atomic mass is 10.1. The van der Waals surface area contributed by atoms with Crippen LogP contribution in [-0.2, 0) is 6.54 Å². The molecule has 6 nitrogen and oxygen atoms in total. The number of β-amino-alcohol motifs (C(OH)–C–C–N with tert-alkyl or cyclic N) is 1. The van der Waals surface area contributed by atoms with Gasteiger partial charge in [-0.25, -0.2) is 0 Å². The first kappa shape index (κ1) is 22.3. The highest BCUT2D eigenvalue weighted by molar-refractivity contribution is 5.40. The number of aliphatic hydroxyl groups excluding tert-OH is 1. The Hall–Kier alpha value is -1.34. The molecule has 2 N–H and O–H groups in total. The number of nitrogens with one attached hydrogen (secondary N) is 1. The predicted octanol–water partition coefficient (Wildman–Crippen LogP) is 2.49. The molecular weight excluding hydrogens is 366 g/mol.